The first-order valence-electron chi connectivity index (χ1n) is 3.53. The SMILES string of the molecule is COC[C@H]1C[C@H](CI)OC1=O. The van der Waals surface area contributed by atoms with Crippen molar-refractivity contribution in [3.63, 3.8) is 0 Å². The first-order chi connectivity index (χ1) is 5.27. The molecule has 11 heavy (non-hydrogen) atoms. The van der Waals surface area contributed by atoms with E-state index in [0.717, 1.165) is 10.8 Å². The van der Waals surface area contributed by atoms with Gasteiger partial charge in [-0.15, -0.1) is 0 Å². The van der Waals surface area contributed by atoms with Crippen molar-refractivity contribution in [3.05, 3.63) is 0 Å². The number of cyclic esters (lactones) is 1. The van der Waals surface area contributed by atoms with Crippen molar-refractivity contribution in [2.24, 2.45) is 5.92 Å². The summed E-state index contributed by atoms with van der Waals surface area (Å²) in [7, 11) is 1.60. The van der Waals surface area contributed by atoms with Crippen LogP contribution in [0.3, 0.4) is 0 Å². The van der Waals surface area contributed by atoms with E-state index in [1.807, 2.05) is 0 Å². The topological polar surface area (TPSA) is 35.5 Å². The van der Waals surface area contributed by atoms with E-state index in [0.29, 0.717) is 6.61 Å². The van der Waals surface area contributed by atoms with Gasteiger partial charge in [0, 0.05) is 18.0 Å². The van der Waals surface area contributed by atoms with E-state index in [2.05, 4.69) is 22.6 Å². The van der Waals surface area contributed by atoms with Gasteiger partial charge in [0.15, 0.2) is 0 Å². The standard InChI is InChI=1S/C7H11IO3/c1-10-4-5-2-6(3-8)11-7(5)9/h5-6H,2-4H2,1H3/t5-,6-/m1/s1. The van der Waals surface area contributed by atoms with Crippen molar-refractivity contribution in [1.82, 2.24) is 0 Å². The van der Waals surface area contributed by atoms with Crippen LogP contribution >= 0.6 is 22.6 Å². The van der Waals surface area contributed by atoms with E-state index in [-0.39, 0.29) is 18.0 Å². The molecule has 1 aliphatic heterocycles. The van der Waals surface area contributed by atoms with Gasteiger partial charge in [-0.1, -0.05) is 22.6 Å². The van der Waals surface area contributed by atoms with E-state index in [4.69, 9.17) is 9.47 Å². The van der Waals surface area contributed by atoms with Gasteiger partial charge in [-0.2, -0.15) is 0 Å². The maximum absolute atomic E-state index is 11.0. The Balaban J connectivity index is 2.38. The Bertz CT molecular complexity index is 149. The average Bonchev–Trinajstić information content (AvgIpc) is 2.33. The van der Waals surface area contributed by atoms with Crippen molar-refractivity contribution in [1.29, 1.82) is 0 Å². The second-order valence-electron chi connectivity index (χ2n) is 2.60. The van der Waals surface area contributed by atoms with Gasteiger partial charge in [0.1, 0.15) is 6.10 Å². The second kappa shape index (κ2) is 4.25. The molecule has 0 aromatic rings. The number of halogens is 1. The third-order valence-corrected chi connectivity index (χ3v) is 2.69. The molecular formula is C7H11IO3. The predicted molar refractivity (Wildman–Crippen MR) is 48.8 cm³/mol. The fourth-order valence-corrected chi connectivity index (χ4v) is 1.69. The summed E-state index contributed by atoms with van der Waals surface area (Å²) in [5, 5.41) is 0. The number of hydrogen-bond donors (Lipinski definition) is 0. The molecule has 0 N–H and O–H groups in total. The van der Waals surface area contributed by atoms with Crippen molar-refractivity contribution < 1.29 is 14.3 Å². The van der Waals surface area contributed by atoms with E-state index < -0.39 is 0 Å². The van der Waals surface area contributed by atoms with Gasteiger partial charge in [0.05, 0.1) is 12.5 Å². The number of esters is 1. The minimum absolute atomic E-state index is 0.0280. The van der Waals surface area contributed by atoms with Crippen molar-refractivity contribution in [3.8, 4) is 0 Å². The molecule has 64 valence electrons. The summed E-state index contributed by atoms with van der Waals surface area (Å²) in [6.07, 6.45) is 0.929. The van der Waals surface area contributed by atoms with E-state index >= 15 is 0 Å². The second-order valence-corrected chi connectivity index (χ2v) is 3.48. The van der Waals surface area contributed by atoms with Crippen LogP contribution < -0.4 is 0 Å². The zero-order valence-electron chi connectivity index (χ0n) is 6.38. The molecule has 0 radical (unpaired) electrons. The van der Waals surface area contributed by atoms with Gasteiger partial charge < -0.3 is 9.47 Å². The molecule has 0 amide bonds. The van der Waals surface area contributed by atoms with E-state index in [1.165, 1.54) is 0 Å². The first kappa shape index (κ1) is 9.25. The summed E-state index contributed by atoms with van der Waals surface area (Å²) in [5.41, 5.74) is 0. The Morgan fingerprint density at radius 3 is 3.00 bits per heavy atom. The van der Waals surface area contributed by atoms with Crippen LogP contribution in [-0.4, -0.2) is 30.2 Å². The van der Waals surface area contributed by atoms with Crippen LogP contribution in [-0.2, 0) is 14.3 Å². The molecule has 1 heterocycles. The highest BCUT2D eigenvalue weighted by Gasteiger charge is 2.33. The third kappa shape index (κ3) is 2.30. The number of methoxy groups -OCH3 is 1. The Hall–Kier alpha value is 0.160. The highest BCUT2D eigenvalue weighted by atomic mass is 127. The monoisotopic (exact) mass is 270 g/mol. The molecule has 1 aliphatic rings. The van der Waals surface area contributed by atoms with Crippen molar-refractivity contribution in [2.45, 2.75) is 12.5 Å². The molecule has 0 aromatic heterocycles. The number of alkyl halides is 1. The lowest BCUT2D eigenvalue weighted by molar-refractivity contribution is -0.144. The van der Waals surface area contributed by atoms with Gasteiger partial charge in [-0.25, -0.2) is 0 Å². The zero-order valence-corrected chi connectivity index (χ0v) is 8.54. The molecule has 0 saturated carbocycles. The Morgan fingerprint density at radius 2 is 2.55 bits per heavy atom. The molecule has 0 bridgehead atoms. The number of rotatable bonds is 3. The molecule has 2 atom stereocenters. The van der Waals surface area contributed by atoms with Crippen molar-refractivity contribution >= 4 is 28.6 Å². The maximum atomic E-state index is 11.0. The molecule has 0 aromatic carbocycles. The summed E-state index contributed by atoms with van der Waals surface area (Å²) in [6, 6.07) is 0. The van der Waals surface area contributed by atoms with Crippen molar-refractivity contribution in [2.75, 3.05) is 18.1 Å². The van der Waals surface area contributed by atoms with Crippen LogP contribution in [0.4, 0.5) is 0 Å². The molecule has 1 saturated heterocycles. The van der Waals surface area contributed by atoms with Gasteiger partial charge in [-0.05, 0) is 0 Å². The largest absolute Gasteiger partial charge is 0.461 e. The fourth-order valence-electron chi connectivity index (χ4n) is 1.15. The normalized spacial score (nSPS) is 30.5. The summed E-state index contributed by atoms with van der Waals surface area (Å²) in [5.74, 6) is -0.131. The predicted octanol–water partition coefficient (Wildman–Crippen LogP) is 1.000. The summed E-state index contributed by atoms with van der Waals surface area (Å²) < 4.78 is 10.8. The van der Waals surface area contributed by atoms with Crippen LogP contribution in [0.15, 0.2) is 0 Å². The molecule has 3 nitrogen and oxygen atoms in total. The quantitative estimate of drug-likeness (QED) is 0.436. The maximum Gasteiger partial charge on any atom is 0.311 e. The minimum atomic E-state index is -0.103. The Labute approximate surface area is 79.6 Å². The number of hydrogen-bond acceptors (Lipinski definition) is 3. The molecule has 4 heteroatoms. The van der Waals surface area contributed by atoms with Crippen LogP contribution in [0.5, 0.6) is 0 Å². The number of carbonyl (C=O) groups excluding carboxylic acids is 1. The molecule has 0 spiro atoms. The van der Waals surface area contributed by atoms with Gasteiger partial charge >= 0.3 is 5.97 Å². The summed E-state index contributed by atoms with van der Waals surface area (Å²) in [6.45, 7) is 0.492. The molecule has 0 aliphatic carbocycles. The zero-order chi connectivity index (χ0) is 8.27. The van der Waals surface area contributed by atoms with Gasteiger partial charge in [-0.3, -0.25) is 4.79 Å². The summed E-state index contributed by atoms with van der Waals surface area (Å²) in [4.78, 5) is 11.0. The highest BCUT2D eigenvalue weighted by Crippen LogP contribution is 2.22. The highest BCUT2D eigenvalue weighted by molar-refractivity contribution is 14.1. The third-order valence-electron chi connectivity index (χ3n) is 1.70. The smallest absolute Gasteiger partial charge is 0.311 e. The van der Waals surface area contributed by atoms with E-state index in [1.54, 1.807) is 7.11 Å². The summed E-state index contributed by atoms with van der Waals surface area (Å²) >= 11 is 2.22. The van der Waals surface area contributed by atoms with Crippen LogP contribution in [0.25, 0.3) is 0 Å². The fraction of sp³-hybridized carbons (Fsp3) is 0.857. The Kier molecular flexibility index (Phi) is 3.58. The lowest BCUT2D eigenvalue weighted by Gasteiger charge is -2.01. The average molecular weight is 270 g/mol. The lowest BCUT2D eigenvalue weighted by Crippen LogP contribution is -2.13. The Morgan fingerprint density at radius 1 is 1.82 bits per heavy atom. The minimum Gasteiger partial charge on any atom is -0.461 e. The van der Waals surface area contributed by atoms with Gasteiger partial charge in [0.2, 0.25) is 0 Å². The number of carbonyl (C=O) groups is 1. The lowest BCUT2D eigenvalue weighted by atomic mass is 10.1. The first-order valence-corrected chi connectivity index (χ1v) is 5.06. The van der Waals surface area contributed by atoms with Crippen LogP contribution in [0.2, 0.25) is 0 Å². The number of ether oxygens (including phenoxy) is 2. The van der Waals surface area contributed by atoms with Crippen LogP contribution in [0.1, 0.15) is 6.42 Å². The molecule has 0 unspecified atom stereocenters. The van der Waals surface area contributed by atoms with Gasteiger partial charge in [0.25, 0.3) is 0 Å². The molecule has 1 rings (SSSR count). The molecular weight excluding hydrogens is 259 g/mol. The van der Waals surface area contributed by atoms with E-state index in [9.17, 15) is 4.79 Å². The molecule has 1 fully saturated rings. The van der Waals surface area contributed by atoms with Crippen LogP contribution in [0, 0.1) is 5.92 Å².